The first-order chi connectivity index (χ1) is 13.9. The Bertz CT molecular complexity index is 825. The highest BCUT2D eigenvalue weighted by Gasteiger charge is 2.25. The molecule has 0 radical (unpaired) electrons. The maximum atomic E-state index is 12.6. The van der Waals surface area contributed by atoms with Crippen molar-refractivity contribution in [3.63, 3.8) is 0 Å². The highest BCUT2D eigenvalue weighted by molar-refractivity contribution is 7.99. The van der Waals surface area contributed by atoms with Gasteiger partial charge in [-0.1, -0.05) is 36.9 Å². The largest absolute Gasteiger partial charge is 0.485 e. The molecule has 0 spiro atoms. The van der Waals surface area contributed by atoms with Gasteiger partial charge in [-0.25, -0.2) is 4.68 Å². The molecule has 2 N–H and O–H groups in total. The number of hydrogen-bond acceptors (Lipinski definition) is 6. The van der Waals surface area contributed by atoms with Gasteiger partial charge in [0.1, 0.15) is 12.4 Å². The zero-order valence-corrected chi connectivity index (χ0v) is 18.5. The van der Waals surface area contributed by atoms with E-state index in [2.05, 4.69) is 17.1 Å². The number of benzene rings is 1. The van der Waals surface area contributed by atoms with Crippen LogP contribution in [0.2, 0.25) is 0 Å². The molecule has 1 aliphatic rings. The molecule has 1 amide bonds. The fourth-order valence-corrected chi connectivity index (χ4v) is 4.53. The van der Waals surface area contributed by atoms with Gasteiger partial charge in [0.25, 0.3) is 0 Å². The lowest BCUT2D eigenvalue weighted by Crippen LogP contribution is -2.40. The molecule has 0 bridgehead atoms. The van der Waals surface area contributed by atoms with E-state index in [1.807, 2.05) is 44.0 Å². The van der Waals surface area contributed by atoms with E-state index in [9.17, 15) is 4.79 Å². The van der Waals surface area contributed by atoms with Crippen LogP contribution in [0.4, 0.5) is 0 Å². The number of nitrogens with two attached hydrogens (primary N) is 1. The summed E-state index contributed by atoms with van der Waals surface area (Å²) in [5, 5.41) is 8.77. The highest BCUT2D eigenvalue weighted by atomic mass is 32.2. The van der Waals surface area contributed by atoms with E-state index in [1.54, 1.807) is 0 Å². The third-order valence-electron chi connectivity index (χ3n) is 5.74. The van der Waals surface area contributed by atoms with Crippen molar-refractivity contribution in [2.45, 2.75) is 64.3 Å². The number of para-hydroxylation sites is 1. The van der Waals surface area contributed by atoms with Gasteiger partial charge in [-0.15, -0.1) is 10.2 Å². The van der Waals surface area contributed by atoms with E-state index in [4.69, 9.17) is 10.6 Å². The van der Waals surface area contributed by atoms with Crippen molar-refractivity contribution in [1.82, 2.24) is 19.8 Å². The first-order valence-corrected chi connectivity index (χ1v) is 11.1. The predicted octanol–water partition coefficient (Wildman–Crippen LogP) is 3.32. The van der Waals surface area contributed by atoms with Crippen LogP contribution < -0.4 is 10.6 Å². The first-order valence-electron chi connectivity index (χ1n) is 10.1. The Balaban J connectivity index is 1.53. The molecule has 0 atom stereocenters. The molecule has 1 aromatic heterocycles. The van der Waals surface area contributed by atoms with Crippen LogP contribution in [0.1, 0.15) is 49.6 Å². The molecular formula is C21H31N5O2S. The molecule has 8 heteroatoms. The Morgan fingerprint density at radius 3 is 2.55 bits per heavy atom. The molecule has 0 saturated heterocycles. The Labute approximate surface area is 177 Å². The quantitative estimate of drug-likeness (QED) is 0.549. The number of nitrogen functional groups attached to an aromatic ring is 1. The zero-order chi connectivity index (χ0) is 21.0. The van der Waals surface area contributed by atoms with Crippen LogP contribution in [-0.4, -0.2) is 44.5 Å². The Hall–Kier alpha value is -2.22. The average Bonchev–Trinajstić information content (AvgIpc) is 3.05. The summed E-state index contributed by atoms with van der Waals surface area (Å²) in [6.45, 7) is 6.52. The lowest BCUT2D eigenvalue weighted by atomic mass is 9.87. The molecule has 158 valence electrons. The minimum Gasteiger partial charge on any atom is -0.485 e. The molecule has 1 aromatic carbocycles. The Kier molecular flexibility index (Phi) is 7.05. The molecule has 1 aliphatic carbocycles. The summed E-state index contributed by atoms with van der Waals surface area (Å²) in [6.07, 6.45) is 4.55. The predicted molar refractivity (Wildman–Crippen MR) is 115 cm³/mol. The van der Waals surface area contributed by atoms with Crippen molar-refractivity contribution < 1.29 is 9.53 Å². The second kappa shape index (κ2) is 9.52. The van der Waals surface area contributed by atoms with E-state index in [1.165, 1.54) is 29.3 Å². The molecule has 1 heterocycles. The summed E-state index contributed by atoms with van der Waals surface area (Å²) >= 11 is 1.31. The van der Waals surface area contributed by atoms with Crippen LogP contribution in [0, 0.1) is 19.8 Å². The third-order valence-corrected chi connectivity index (χ3v) is 6.67. The van der Waals surface area contributed by atoms with Crippen molar-refractivity contribution in [3.8, 4) is 5.75 Å². The number of ether oxygens (including phenoxy) is 1. The van der Waals surface area contributed by atoms with Crippen LogP contribution >= 0.6 is 11.8 Å². The molecular weight excluding hydrogens is 386 g/mol. The van der Waals surface area contributed by atoms with Gasteiger partial charge in [0.2, 0.25) is 11.1 Å². The van der Waals surface area contributed by atoms with Gasteiger partial charge < -0.3 is 15.5 Å². The Morgan fingerprint density at radius 1 is 1.24 bits per heavy atom. The monoisotopic (exact) mass is 417 g/mol. The van der Waals surface area contributed by atoms with E-state index >= 15 is 0 Å². The van der Waals surface area contributed by atoms with Crippen molar-refractivity contribution in [3.05, 3.63) is 35.2 Å². The van der Waals surface area contributed by atoms with E-state index < -0.39 is 0 Å². The molecule has 2 aromatic rings. The fraction of sp³-hybridized carbons (Fsp3) is 0.571. The number of amides is 1. The summed E-state index contributed by atoms with van der Waals surface area (Å²) in [7, 11) is 1.90. The molecule has 1 fully saturated rings. The molecule has 7 nitrogen and oxygen atoms in total. The highest BCUT2D eigenvalue weighted by Crippen LogP contribution is 2.27. The van der Waals surface area contributed by atoms with Gasteiger partial charge in [-0.3, -0.25) is 4.79 Å². The first kappa shape index (κ1) is 21.5. The van der Waals surface area contributed by atoms with Crippen LogP contribution in [0.3, 0.4) is 0 Å². The summed E-state index contributed by atoms with van der Waals surface area (Å²) < 4.78 is 7.32. The van der Waals surface area contributed by atoms with Crippen molar-refractivity contribution in [1.29, 1.82) is 0 Å². The summed E-state index contributed by atoms with van der Waals surface area (Å²) in [5.74, 6) is 8.66. The van der Waals surface area contributed by atoms with Crippen molar-refractivity contribution in [2.24, 2.45) is 5.92 Å². The van der Waals surface area contributed by atoms with Crippen molar-refractivity contribution >= 4 is 17.7 Å². The standard InChI is InChI=1S/C21H31N5O2S/c1-14-8-10-17(11-9-14)25(4)19(27)13-29-21-24-23-18(26(21)22)12-28-20-15(2)6-5-7-16(20)3/h5-7,14,17H,8-13,22H2,1-4H3. The van der Waals surface area contributed by atoms with Crippen LogP contribution in [-0.2, 0) is 11.4 Å². The maximum Gasteiger partial charge on any atom is 0.233 e. The normalized spacial score (nSPS) is 19.2. The SMILES string of the molecule is Cc1cccc(C)c1OCc1nnc(SCC(=O)N(C)C2CCC(C)CC2)n1N. The smallest absolute Gasteiger partial charge is 0.233 e. The van der Waals surface area contributed by atoms with Gasteiger partial charge in [-0.05, 0) is 56.6 Å². The van der Waals surface area contributed by atoms with E-state index in [-0.39, 0.29) is 12.5 Å². The fourth-order valence-electron chi connectivity index (χ4n) is 3.73. The van der Waals surface area contributed by atoms with Gasteiger partial charge in [0.05, 0.1) is 5.75 Å². The Morgan fingerprint density at radius 2 is 1.90 bits per heavy atom. The second-order valence-electron chi connectivity index (χ2n) is 7.99. The van der Waals surface area contributed by atoms with Gasteiger partial charge >= 0.3 is 0 Å². The third kappa shape index (κ3) is 5.23. The summed E-state index contributed by atoms with van der Waals surface area (Å²) in [6, 6.07) is 6.36. The number of rotatable bonds is 7. The van der Waals surface area contributed by atoms with Crippen LogP contribution in [0.5, 0.6) is 5.75 Å². The minimum atomic E-state index is 0.103. The number of thioether (sulfide) groups is 1. The van der Waals surface area contributed by atoms with Crippen molar-refractivity contribution in [2.75, 3.05) is 18.6 Å². The number of aryl methyl sites for hydroxylation is 2. The van der Waals surface area contributed by atoms with E-state index in [0.717, 1.165) is 35.6 Å². The summed E-state index contributed by atoms with van der Waals surface area (Å²) in [4.78, 5) is 14.5. The van der Waals surface area contributed by atoms with Crippen LogP contribution in [0.15, 0.2) is 23.4 Å². The molecule has 0 unspecified atom stereocenters. The van der Waals surface area contributed by atoms with Gasteiger partial charge in [-0.2, -0.15) is 0 Å². The minimum absolute atomic E-state index is 0.103. The molecule has 29 heavy (non-hydrogen) atoms. The molecule has 1 saturated carbocycles. The van der Waals surface area contributed by atoms with Gasteiger partial charge in [0.15, 0.2) is 5.82 Å². The lowest BCUT2D eigenvalue weighted by Gasteiger charge is -2.33. The maximum absolute atomic E-state index is 12.6. The zero-order valence-electron chi connectivity index (χ0n) is 17.7. The molecule has 3 rings (SSSR count). The number of aromatic nitrogens is 3. The number of carbonyl (C=O) groups is 1. The van der Waals surface area contributed by atoms with Gasteiger partial charge in [0, 0.05) is 13.1 Å². The number of nitrogens with zero attached hydrogens (tertiary/aromatic N) is 4. The molecule has 0 aliphatic heterocycles. The van der Waals surface area contributed by atoms with Crippen LogP contribution in [0.25, 0.3) is 0 Å². The second-order valence-corrected chi connectivity index (χ2v) is 8.93. The number of carbonyl (C=O) groups excluding carboxylic acids is 1. The lowest BCUT2D eigenvalue weighted by molar-refractivity contribution is -0.129. The number of hydrogen-bond donors (Lipinski definition) is 1. The summed E-state index contributed by atoms with van der Waals surface area (Å²) in [5.41, 5.74) is 2.13. The topological polar surface area (TPSA) is 86.3 Å². The van der Waals surface area contributed by atoms with E-state index in [0.29, 0.717) is 22.8 Å². The average molecular weight is 418 g/mol.